The van der Waals surface area contributed by atoms with Gasteiger partial charge in [0.05, 0.1) is 13.2 Å². The average molecular weight is 305 g/mol. The van der Waals surface area contributed by atoms with E-state index in [1.807, 2.05) is 0 Å². The zero-order valence-electron chi connectivity index (χ0n) is 10.6. The highest BCUT2D eigenvalue weighted by Gasteiger charge is 2.37. The first-order valence-corrected chi connectivity index (χ1v) is 6.59. The maximum atomic E-state index is 9.86. The van der Waals surface area contributed by atoms with E-state index in [4.69, 9.17) is 21.1 Å². The van der Waals surface area contributed by atoms with Crippen LogP contribution < -0.4 is 0 Å². The Labute approximate surface area is 121 Å². The summed E-state index contributed by atoms with van der Waals surface area (Å²) in [4.78, 5) is 0. The van der Waals surface area contributed by atoms with Crippen molar-refractivity contribution in [3.63, 3.8) is 0 Å². The summed E-state index contributed by atoms with van der Waals surface area (Å²) in [5.74, 6) is 0. The second kappa shape index (κ2) is 6.82. The van der Waals surface area contributed by atoms with E-state index in [1.54, 1.807) is 24.3 Å². The minimum absolute atomic E-state index is 0.230. The van der Waals surface area contributed by atoms with E-state index in [1.165, 1.54) is 0 Å². The molecule has 7 heteroatoms. The SMILES string of the molecule is OC[C@H]1OC(c2ccccc2Cl)OC[C@H](O)[C@@H](O)[C@@H]1O. The molecule has 2 rings (SSSR count). The van der Waals surface area contributed by atoms with Crippen molar-refractivity contribution in [2.45, 2.75) is 30.7 Å². The molecule has 0 saturated carbocycles. The third-order valence-corrected chi connectivity index (χ3v) is 3.53. The summed E-state index contributed by atoms with van der Waals surface area (Å²) >= 11 is 6.05. The van der Waals surface area contributed by atoms with Gasteiger partial charge in [-0.05, 0) is 6.07 Å². The number of ether oxygens (including phenoxy) is 2. The molecule has 1 aromatic rings. The molecule has 1 aliphatic rings. The Bertz CT molecular complexity index is 443. The molecule has 1 unspecified atom stereocenters. The molecule has 1 fully saturated rings. The van der Waals surface area contributed by atoms with Gasteiger partial charge in [0.2, 0.25) is 0 Å². The molecule has 1 aromatic carbocycles. The molecule has 0 bridgehead atoms. The lowest BCUT2D eigenvalue weighted by atomic mass is 10.0. The van der Waals surface area contributed by atoms with Crippen LogP contribution in [0.5, 0.6) is 0 Å². The molecular weight excluding hydrogens is 288 g/mol. The third-order valence-electron chi connectivity index (χ3n) is 3.18. The van der Waals surface area contributed by atoms with E-state index < -0.39 is 37.3 Å². The Balaban J connectivity index is 2.24. The van der Waals surface area contributed by atoms with E-state index in [-0.39, 0.29) is 6.61 Å². The first-order chi connectivity index (χ1) is 9.54. The molecule has 4 N–H and O–H groups in total. The van der Waals surface area contributed by atoms with Gasteiger partial charge in [-0.25, -0.2) is 0 Å². The maximum Gasteiger partial charge on any atom is 0.185 e. The molecule has 20 heavy (non-hydrogen) atoms. The van der Waals surface area contributed by atoms with Crippen molar-refractivity contribution in [1.82, 2.24) is 0 Å². The van der Waals surface area contributed by atoms with Crippen molar-refractivity contribution in [1.29, 1.82) is 0 Å². The van der Waals surface area contributed by atoms with Crippen LogP contribution in [0.2, 0.25) is 5.02 Å². The molecule has 0 aliphatic carbocycles. The van der Waals surface area contributed by atoms with Crippen LogP contribution in [0.4, 0.5) is 0 Å². The summed E-state index contributed by atoms with van der Waals surface area (Å²) in [7, 11) is 0. The number of aliphatic hydroxyl groups excluding tert-OH is 4. The fourth-order valence-corrected chi connectivity index (χ4v) is 2.22. The van der Waals surface area contributed by atoms with E-state index in [0.717, 1.165) is 0 Å². The van der Waals surface area contributed by atoms with Gasteiger partial charge in [-0.2, -0.15) is 0 Å². The van der Waals surface area contributed by atoms with E-state index in [2.05, 4.69) is 0 Å². The quantitative estimate of drug-likeness (QED) is 0.605. The van der Waals surface area contributed by atoms with Crippen molar-refractivity contribution in [3.8, 4) is 0 Å². The fraction of sp³-hybridized carbons (Fsp3) is 0.538. The highest BCUT2D eigenvalue weighted by atomic mass is 35.5. The second-order valence-corrected chi connectivity index (χ2v) is 5.00. The molecule has 5 atom stereocenters. The number of hydrogen-bond acceptors (Lipinski definition) is 6. The van der Waals surface area contributed by atoms with Gasteiger partial charge in [0, 0.05) is 10.6 Å². The topological polar surface area (TPSA) is 99.4 Å². The zero-order chi connectivity index (χ0) is 14.7. The summed E-state index contributed by atoms with van der Waals surface area (Å²) in [5.41, 5.74) is 0.517. The van der Waals surface area contributed by atoms with Crippen LogP contribution in [0.1, 0.15) is 11.9 Å². The van der Waals surface area contributed by atoms with Crippen LogP contribution in [0.3, 0.4) is 0 Å². The van der Waals surface area contributed by atoms with E-state index >= 15 is 0 Å². The van der Waals surface area contributed by atoms with Gasteiger partial charge in [0.1, 0.15) is 24.4 Å². The normalized spacial score (nSPS) is 35.4. The van der Waals surface area contributed by atoms with Gasteiger partial charge < -0.3 is 29.9 Å². The predicted octanol–water partition coefficient (Wildman–Crippen LogP) is -0.171. The maximum absolute atomic E-state index is 9.86. The Kier molecular flexibility index (Phi) is 5.34. The fourth-order valence-electron chi connectivity index (χ4n) is 1.99. The minimum atomic E-state index is -1.46. The first kappa shape index (κ1) is 15.7. The van der Waals surface area contributed by atoms with Crippen molar-refractivity contribution >= 4 is 11.6 Å². The van der Waals surface area contributed by atoms with Crippen LogP contribution in [0.25, 0.3) is 0 Å². The third kappa shape index (κ3) is 3.29. The van der Waals surface area contributed by atoms with Gasteiger partial charge in [-0.1, -0.05) is 29.8 Å². The number of halogens is 1. The summed E-state index contributed by atoms with van der Waals surface area (Å²) in [5, 5.41) is 38.9. The summed E-state index contributed by atoms with van der Waals surface area (Å²) in [6.45, 7) is -0.762. The molecule has 0 spiro atoms. The Hall–Kier alpha value is -0.730. The summed E-state index contributed by atoms with van der Waals surface area (Å²) < 4.78 is 10.8. The van der Waals surface area contributed by atoms with Gasteiger partial charge in [0.25, 0.3) is 0 Å². The lowest BCUT2D eigenvalue weighted by molar-refractivity contribution is -0.256. The largest absolute Gasteiger partial charge is 0.394 e. The zero-order valence-corrected chi connectivity index (χ0v) is 11.3. The van der Waals surface area contributed by atoms with Crippen molar-refractivity contribution in [3.05, 3.63) is 34.9 Å². The molecule has 0 aromatic heterocycles. The minimum Gasteiger partial charge on any atom is -0.394 e. The molecule has 112 valence electrons. The molecule has 1 saturated heterocycles. The standard InChI is InChI=1S/C13H17ClO6/c14-8-4-2-1-3-7(8)13-19-6-9(16)11(17)12(18)10(5-15)20-13/h1-4,9-13,15-18H,5-6H2/t9-,10+,11+,12+,13?/m0/s1. The van der Waals surface area contributed by atoms with Crippen molar-refractivity contribution in [2.24, 2.45) is 0 Å². The number of benzene rings is 1. The Morgan fingerprint density at radius 3 is 2.50 bits per heavy atom. The monoisotopic (exact) mass is 304 g/mol. The van der Waals surface area contributed by atoms with Crippen LogP contribution in [0, 0.1) is 0 Å². The Morgan fingerprint density at radius 1 is 1.15 bits per heavy atom. The highest BCUT2D eigenvalue weighted by molar-refractivity contribution is 6.31. The summed E-state index contributed by atoms with van der Waals surface area (Å²) in [6, 6.07) is 6.81. The van der Waals surface area contributed by atoms with E-state index in [9.17, 15) is 20.4 Å². The molecule has 6 nitrogen and oxygen atoms in total. The smallest absolute Gasteiger partial charge is 0.185 e. The summed E-state index contributed by atoms with van der Waals surface area (Å²) in [6.07, 6.45) is -6.21. The van der Waals surface area contributed by atoms with Crippen molar-refractivity contribution in [2.75, 3.05) is 13.2 Å². The van der Waals surface area contributed by atoms with Crippen LogP contribution in [-0.2, 0) is 9.47 Å². The van der Waals surface area contributed by atoms with Crippen molar-refractivity contribution < 1.29 is 29.9 Å². The molecular formula is C13H17ClO6. The van der Waals surface area contributed by atoms with Gasteiger partial charge in [-0.15, -0.1) is 0 Å². The molecule has 1 aliphatic heterocycles. The first-order valence-electron chi connectivity index (χ1n) is 6.21. The predicted molar refractivity (Wildman–Crippen MR) is 70.1 cm³/mol. The lowest BCUT2D eigenvalue weighted by Gasteiger charge is -2.35. The van der Waals surface area contributed by atoms with E-state index in [0.29, 0.717) is 10.6 Å². The van der Waals surface area contributed by atoms with Crippen LogP contribution in [0.15, 0.2) is 24.3 Å². The number of rotatable bonds is 2. The molecule has 1 heterocycles. The second-order valence-electron chi connectivity index (χ2n) is 4.59. The molecule has 0 amide bonds. The number of hydrogen-bond donors (Lipinski definition) is 4. The molecule has 0 radical (unpaired) electrons. The highest BCUT2D eigenvalue weighted by Crippen LogP contribution is 2.30. The lowest BCUT2D eigenvalue weighted by Crippen LogP contribution is -2.51. The van der Waals surface area contributed by atoms with Gasteiger partial charge in [-0.3, -0.25) is 0 Å². The van der Waals surface area contributed by atoms with Crippen LogP contribution in [-0.4, -0.2) is 58.1 Å². The van der Waals surface area contributed by atoms with Crippen LogP contribution >= 0.6 is 11.6 Å². The average Bonchev–Trinajstić information content (AvgIpc) is 2.46. The Morgan fingerprint density at radius 2 is 1.85 bits per heavy atom. The van der Waals surface area contributed by atoms with Gasteiger partial charge in [0.15, 0.2) is 6.29 Å². The van der Waals surface area contributed by atoms with Gasteiger partial charge >= 0.3 is 0 Å². The number of aliphatic hydroxyl groups is 4.